The summed E-state index contributed by atoms with van der Waals surface area (Å²) in [5.41, 5.74) is 1.87. The van der Waals surface area contributed by atoms with E-state index >= 15 is 0 Å². The van der Waals surface area contributed by atoms with Crippen molar-refractivity contribution in [1.82, 2.24) is 0 Å². The quantitative estimate of drug-likeness (QED) is 0.0654. The van der Waals surface area contributed by atoms with Crippen molar-refractivity contribution in [2.45, 2.75) is 95.3 Å². The first-order chi connectivity index (χ1) is 23.1. The average Bonchev–Trinajstić information content (AvgIpc) is 3.06. The summed E-state index contributed by atoms with van der Waals surface area (Å²) in [7, 11) is 0. The molecule has 4 bridgehead atoms. The maximum atomic E-state index is 12.3. The summed E-state index contributed by atoms with van der Waals surface area (Å²) in [6.07, 6.45) is 15.1. The number of alkyl halides is 1. The molecule has 4 saturated carbocycles. The summed E-state index contributed by atoms with van der Waals surface area (Å²) in [6.45, 7) is 4.82. The number of Topliss-reactive ketones (excluding diaryl/α,β-unsaturated/α-hetero) is 2. The first-order valence-corrected chi connectivity index (χ1v) is 18.8. The zero-order chi connectivity index (χ0) is 33.0. The van der Waals surface area contributed by atoms with Crippen molar-refractivity contribution in [2.24, 2.45) is 17.8 Å². The molecular formula is C38H59ClO8. The Kier molecular flexibility index (Phi) is 18.1. The Bertz CT molecular complexity index is 980. The lowest BCUT2D eigenvalue weighted by molar-refractivity contribution is -0.124. The van der Waals surface area contributed by atoms with E-state index in [-0.39, 0.29) is 24.8 Å². The van der Waals surface area contributed by atoms with E-state index in [0.717, 1.165) is 61.7 Å². The second-order valence-corrected chi connectivity index (χ2v) is 14.3. The van der Waals surface area contributed by atoms with Crippen LogP contribution >= 0.6 is 11.6 Å². The van der Waals surface area contributed by atoms with Crippen molar-refractivity contribution in [3.05, 3.63) is 29.8 Å². The number of benzene rings is 1. The molecule has 0 aliphatic heterocycles. The summed E-state index contributed by atoms with van der Waals surface area (Å²) in [5.74, 6) is 4.45. The third-order valence-electron chi connectivity index (χ3n) is 9.94. The zero-order valence-corrected chi connectivity index (χ0v) is 29.3. The monoisotopic (exact) mass is 678 g/mol. The van der Waals surface area contributed by atoms with E-state index in [0.29, 0.717) is 84.0 Å². The van der Waals surface area contributed by atoms with Gasteiger partial charge >= 0.3 is 0 Å². The van der Waals surface area contributed by atoms with E-state index < -0.39 is 0 Å². The second-order valence-electron chi connectivity index (χ2n) is 13.9. The first kappa shape index (κ1) is 38.3. The highest BCUT2D eigenvalue weighted by Crippen LogP contribution is 2.60. The van der Waals surface area contributed by atoms with Gasteiger partial charge in [-0.1, -0.05) is 25.0 Å². The van der Waals surface area contributed by atoms with Gasteiger partial charge in [0.25, 0.3) is 0 Å². The van der Waals surface area contributed by atoms with Gasteiger partial charge in [0.05, 0.1) is 39.6 Å². The van der Waals surface area contributed by atoms with Crippen LogP contribution in [0.1, 0.15) is 95.5 Å². The summed E-state index contributed by atoms with van der Waals surface area (Å²) in [5, 5.41) is 0. The van der Waals surface area contributed by atoms with E-state index in [1.54, 1.807) is 0 Å². The number of hydrogen-bond acceptors (Lipinski definition) is 8. The molecule has 9 heteroatoms. The van der Waals surface area contributed by atoms with Crippen molar-refractivity contribution >= 4 is 23.2 Å². The fourth-order valence-electron chi connectivity index (χ4n) is 8.02. The molecule has 0 heterocycles. The lowest BCUT2D eigenvalue weighted by Gasteiger charge is -2.57. The van der Waals surface area contributed by atoms with Gasteiger partial charge in [-0.05, 0) is 105 Å². The third kappa shape index (κ3) is 14.5. The predicted octanol–water partition coefficient (Wildman–Crippen LogP) is 7.11. The molecule has 0 unspecified atom stereocenters. The standard InChI is InChI=1S/C38H59ClO8/c39-13-3-1-2-4-14-42-17-18-43-15-5-7-35(40)29-46-22-21-45-20-19-44-16-6-8-36(41)30-47-37-11-9-34(10-12-37)38-26-31-23-32(27-38)25-33(24-31)28-38/h9-12,31-33H,1-8,13-30H2. The molecule has 0 aromatic heterocycles. The van der Waals surface area contributed by atoms with Crippen molar-refractivity contribution in [2.75, 3.05) is 78.6 Å². The number of ketones is 2. The molecule has 5 rings (SSSR count). The minimum absolute atomic E-state index is 0.0652. The molecule has 266 valence electrons. The number of halogens is 1. The van der Waals surface area contributed by atoms with Crippen molar-refractivity contribution in [3.63, 3.8) is 0 Å². The van der Waals surface area contributed by atoms with Crippen LogP contribution in [0, 0.1) is 17.8 Å². The Labute approximate surface area is 287 Å². The largest absolute Gasteiger partial charge is 0.486 e. The highest BCUT2D eigenvalue weighted by molar-refractivity contribution is 6.17. The average molecular weight is 679 g/mol. The lowest BCUT2D eigenvalue weighted by Crippen LogP contribution is -2.48. The second kappa shape index (κ2) is 22.2. The van der Waals surface area contributed by atoms with Gasteiger partial charge in [-0.3, -0.25) is 9.59 Å². The number of unbranched alkanes of at least 4 members (excludes halogenated alkanes) is 3. The number of carbonyl (C=O) groups is 2. The smallest absolute Gasteiger partial charge is 0.170 e. The fourth-order valence-corrected chi connectivity index (χ4v) is 8.21. The Morgan fingerprint density at radius 2 is 1.04 bits per heavy atom. The van der Waals surface area contributed by atoms with Crippen molar-refractivity contribution in [3.8, 4) is 5.75 Å². The lowest BCUT2D eigenvalue weighted by atomic mass is 9.48. The molecule has 8 nitrogen and oxygen atoms in total. The zero-order valence-electron chi connectivity index (χ0n) is 28.6. The van der Waals surface area contributed by atoms with Gasteiger partial charge in [-0.25, -0.2) is 0 Å². The van der Waals surface area contributed by atoms with Crippen LogP contribution in [-0.4, -0.2) is 90.1 Å². The SMILES string of the molecule is O=C(CCCOCCOCCCCCCCl)COCCOCCOCCCC(=O)COc1ccc(C23CC4CC(CC(C4)C2)C3)cc1. The van der Waals surface area contributed by atoms with Crippen molar-refractivity contribution < 1.29 is 38.0 Å². The van der Waals surface area contributed by atoms with Crippen LogP contribution in [0.5, 0.6) is 5.75 Å². The van der Waals surface area contributed by atoms with Crippen LogP contribution in [0.3, 0.4) is 0 Å². The molecule has 1 aromatic rings. The van der Waals surface area contributed by atoms with Crippen LogP contribution in [0.4, 0.5) is 0 Å². The van der Waals surface area contributed by atoms with Crippen LogP contribution in [-0.2, 0) is 38.7 Å². The molecule has 1 aromatic carbocycles. The van der Waals surface area contributed by atoms with E-state index in [2.05, 4.69) is 24.3 Å². The van der Waals surface area contributed by atoms with Gasteiger partial charge in [0.2, 0.25) is 0 Å². The summed E-state index contributed by atoms with van der Waals surface area (Å²) in [6, 6.07) is 8.61. The summed E-state index contributed by atoms with van der Waals surface area (Å²) in [4.78, 5) is 24.2. The molecular weight excluding hydrogens is 620 g/mol. The Hall–Kier alpha value is -1.55. The van der Waals surface area contributed by atoms with E-state index in [1.165, 1.54) is 44.1 Å². The predicted molar refractivity (Wildman–Crippen MR) is 184 cm³/mol. The molecule has 4 aliphatic rings. The highest BCUT2D eigenvalue weighted by atomic mass is 35.5. The number of ether oxygens (including phenoxy) is 6. The molecule has 0 atom stereocenters. The van der Waals surface area contributed by atoms with E-state index in [4.69, 9.17) is 40.0 Å². The molecule has 4 aliphatic carbocycles. The minimum atomic E-state index is 0.0652. The topological polar surface area (TPSA) is 89.5 Å². The van der Waals surface area contributed by atoms with Gasteiger partial charge in [-0.15, -0.1) is 11.6 Å². The van der Waals surface area contributed by atoms with Gasteiger partial charge < -0.3 is 28.4 Å². The molecule has 0 radical (unpaired) electrons. The fraction of sp³-hybridized carbons (Fsp3) is 0.789. The molecule has 0 N–H and O–H groups in total. The van der Waals surface area contributed by atoms with Crippen molar-refractivity contribution in [1.29, 1.82) is 0 Å². The van der Waals surface area contributed by atoms with Gasteiger partial charge in [0.1, 0.15) is 19.0 Å². The summed E-state index contributed by atoms with van der Waals surface area (Å²) < 4.78 is 33.3. The maximum Gasteiger partial charge on any atom is 0.170 e. The third-order valence-corrected chi connectivity index (χ3v) is 10.2. The Morgan fingerprint density at radius 1 is 0.574 bits per heavy atom. The number of carbonyl (C=O) groups excluding carboxylic acids is 2. The van der Waals surface area contributed by atoms with Crippen LogP contribution in [0.25, 0.3) is 0 Å². The number of hydrogen-bond donors (Lipinski definition) is 0. The Morgan fingerprint density at radius 3 is 1.60 bits per heavy atom. The van der Waals surface area contributed by atoms with Gasteiger partial charge in [-0.2, -0.15) is 0 Å². The molecule has 0 saturated heterocycles. The first-order valence-electron chi connectivity index (χ1n) is 18.3. The van der Waals surface area contributed by atoms with E-state index in [1.807, 2.05) is 0 Å². The van der Waals surface area contributed by atoms with Gasteiger partial charge in [0.15, 0.2) is 11.6 Å². The van der Waals surface area contributed by atoms with Crippen LogP contribution in [0.2, 0.25) is 0 Å². The Balaban J connectivity index is 0.880. The highest BCUT2D eigenvalue weighted by Gasteiger charge is 2.51. The molecule has 47 heavy (non-hydrogen) atoms. The van der Waals surface area contributed by atoms with Gasteiger partial charge in [0, 0.05) is 38.5 Å². The molecule has 4 fully saturated rings. The summed E-state index contributed by atoms with van der Waals surface area (Å²) >= 11 is 5.66. The molecule has 0 amide bonds. The molecule has 0 spiro atoms. The maximum absolute atomic E-state index is 12.3. The van der Waals surface area contributed by atoms with E-state index in [9.17, 15) is 9.59 Å². The van der Waals surface area contributed by atoms with Crippen LogP contribution in [0.15, 0.2) is 24.3 Å². The minimum Gasteiger partial charge on any atom is -0.486 e. The normalized spacial score (nSPS) is 23.0. The van der Waals surface area contributed by atoms with Crippen LogP contribution < -0.4 is 4.74 Å². The number of rotatable bonds is 29.